The maximum Gasteiger partial charge on any atom is 0.260 e. The van der Waals surface area contributed by atoms with Crippen LogP contribution in [0.15, 0.2) is 29.7 Å². The molecule has 9 heteroatoms. The number of H-pyrrole nitrogens is 1. The van der Waals surface area contributed by atoms with Crippen molar-refractivity contribution in [1.82, 2.24) is 24.2 Å². The second-order valence-electron chi connectivity index (χ2n) is 4.77. The Morgan fingerprint density at radius 1 is 1.10 bits per heavy atom. The zero-order valence-electron chi connectivity index (χ0n) is 11.6. The summed E-state index contributed by atoms with van der Waals surface area (Å²) in [6.07, 6.45) is 4.72. The maximum absolute atomic E-state index is 12.4. The highest BCUT2D eigenvalue weighted by molar-refractivity contribution is 7.89. The van der Waals surface area contributed by atoms with Gasteiger partial charge in [0.1, 0.15) is 5.82 Å². The quantitative estimate of drug-likeness (QED) is 0.859. The topological polar surface area (TPSA) is 95.1 Å². The van der Waals surface area contributed by atoms with Crippen molar-refractivity contribution in [2.75, 3.05) is 31.1 Å². The number of piperazine rings is 1. The number of aromatic nitrogens is 4. The van der Waals surface area contributed by atoms with E-state index in [9.17, 15) is 8.42 Å². The highest BCUT2D eigenvalue weighted by Gasteiger charge is 2.30. The van der Waals surface area contributed by atoms with Gasteiger partial charge in [0, 0.05) is 38.6 Å². The van der Waals surface area contributed by atoms with Crippen molar-refractivity contribution in [3.8, 4) is 0 Å². The minimum Gasteiger partial charge on any atom is -0.338 e. The van der Waals surface area contributed by atoms with Gasteiger partial charge in [-0.05, 0) is 13.0 Å². The summed E-state index contributed by atoms with van der Waals surface area (Å²) in [5.74, 6) is 1.22. The fourth-order valence-electron chi connectivity index (χ4n) is 2.25. The van der Waals surface area contributed by atoms with Gasteiger partial charge in [0.2, 0.25) is 5.95 Å². The first-order valence-corrected chi connectivity index (χ1v) is 8.05. The molecule has 0 spiro atoms. The third kappa shape index (κ3) is 2.74. The van der Waals surface area contributed by atoms with Gasteiger partial charge in [-0.1, -0.05) is 0 Å². The molecule has 3 heterocycles. The molecular weight excluding hydrogens is 292 g/mol. The molecule has 0 radical (unpaired) electrons. The summed E-state index contributed by atoms with van der Waals surface area (Å²) in [7, 11) is -3.50. The summed E-state index contributed by atoms with van der Waals surface area (Å²) < 4.78 is 26.4. The Morgan fingerprint density at radius 3 is 2.33 bits per heavy atom. The van der Waals surface area contributed by atoms with Crippen LogP contribution in [-0.4, -0.2) is 58.8 Å². The number of hydrogen-bond donors (Lipinski definition) is 1. The van der Waals surface area contributed by atoms with E-state index in [1.165, 1.54) is 10.5 Å². The molecule has 0 bridgehead atoms. The van der Waals surface area contributed by atoms with E-state index >= 15 is 0 Å². The van der Waals surface area contributed by atoms with E-state index in [0.717, 1.165) is 0 Å². The molecule has 1 saturated heterocycles. The van der Waals surface area contributed by atoms with Crippen LogP contribution in [-0.2, 0) is 10.0 Å². The Kier molecular flexibility index (Phi) is 3.60. The fraction of sp³-hybridized carbons (Fsp3) is 0.417. The molecule has 112 valence electrons. The van der Waals surface area contributed by atoms with Crippen molar-refractivity contribution in [3.63, 3.8) is 0 Å². The Bertz CT molecular complexity index is 706. The highest BCUT2D eigenvalue weighted by Crippen LogP contribution is 2.17. The molecular formula is C12H16N6O2S. The molecule has 1 N–H and O–H groups in total. The highest BCUT2D eigenvalue weighted by atomic mass is 32.2. The van der Waals surface area contributed by atoms with Gasteiger partial charge in [0.05, 0.1) is 6.20 Å². The van der Waals surface area contributed by atoms with Crippen LogP contribution >= 0.6 is 0 Å². The number of anilines is 1. The van der Waals surface area contributed by atoms with Gasteiger partial charge in [0.15, 0.2) is 5.03 Å². The Hall–Kier alpha value is -2.00. The number of nitrogens with one attached hydrogen (secondary N) is 1. The molecule has 0 aliphatic carbocycles. The van der Waals surface area contributed by atoms with Crippen molar-refractivity contribution in [1.29, 1.82) is 0 Å². The fourth-order valence-corrected chi connectivity index (χ4v) is 3.64. The van der Waals surface area contributed by atoms with Crippen molar-refractivity contribution < 1.29 is 8.42 Å². The third-order valence-corrected chi connectivity index (χ3v) is 5.18. The summed E-state index contributed by atoms with van der Waals surface area (Å²) in [6.45, 7) is 3.66. The number of rotatable bonds is 3. The van der Waals surface area contributed by atoms with E-state index in [2.05, 4.69) is 19.9 Å². The standard InChI is InChI=1S/C12H16N6O2S/c1-10-15-9-11(16-10)21(19,20)18-7-5-17(6-8-18)12-13-3-2-4-14-12/h2-4,9H,5-8H2,1H3,(H,15,16). The van der Waals surface area contributed by atoms with E-state index in [1.54, 1.807) is 25.4 Å². The monoisotopic (exact) mass is 308 g/mol. The van der Waals surface area contributed by atoms with Crippen molar-refractivity contribution in [2.24, 2.45) is 0 Å². The van der Waals surface area contributed by atoms with Crippen LogP contribution in [0.2, 0.25) is 0 Å². The molecule has 0 aromatic carbocycles. The average Bonchev–Trinajstić information content (AvgIpc) is 2.96. The zero-order chi connectivity index (χ0) is 14.9. The smallest absolute Gasteiger partial charge is 0.260 e. The van der Waals surface area contributed by atoms with E-state index in [0.29, 0.717) is 38.0 Å². The van der Waals surface area contributed by atoms with Crippen LogP contribution in [0.25, 0.3) is 0 Å². The molecule has 0 saturated carbocycles. The van der Waals surface area contributed by atoms with Crippen molar-refractivity contribution >= 4 is 16.0 Å². The van der Waals surface area contributed by atoms with Gasteiger partial charge in [-0.15, -0.1) is 0 Å². The summed E-state index contributed by atoms with van der Waals surface area (Å²) in [4.78, 5) is 17.1. The molecule has 2 aromatic heterocycles. The molecule has 1 aliphatic rings. The predicted molar refractivity (Wildman–Crippen MR) is 76.3 cm³/mol. The van der Waals surface area contributed by atoms with Gasteiger partial charge in [-0.25, -0.2) is 23.4 Å². The van der Waals surface area contributed by atoms with E-state index in [-0.39, 0.29) is 5.03 Å². The number of nitrogens with zero attached hydrogens (tertiary/aromatic N) is 5. The van der Waals surface area contributed by atoms with Crippen LogP contribution in [0.1, 0.15) is 5.82 Å². The normalized spacial score (nSPS) is 17.1. The van der Waals surface area contributed by atoms with Crippen LogP contribution in [0.5, 0.6) is 0 Å². The number of sulfonamides is 1. The van der Waals surface area contributed by atoms with Crippen molar-refractivity contribution in [3.05, 3.63) is 30.5 Å². The number of hydrogen-bond acceptors (Lipinski definition) is 6. The predicted octanol–water partition coefficient (Wildman–Crippen LogP) is 0.0190. The number of aryl methyl sites for hydroxylation is 1. The van der Waals surface area contributed by atoms with Gasteiger partial charge in [-0.2, -0.15) is 4.31 Å². The van der Waals surface area contributed by atoms with E-state index in [4.69, 9.17) is 0 Å². The first kappa shape index (κ1) is 14.0. The maximum atomic E-state index is 12.4. The second kappa shape index (κ2) is 5.41. The first-order chi connectivity index (χ1) is 10.1. The molecule has 8 nitrogen and oxygen atoms in total. The van der Waals surface area contributed by atoms with Crippen LogP contribution in [0.4, 0.5) is 5.95 Å². The molecule has 3 rings (SSSR count). The summed E-state index contributed by atoms with van der Waals surface area (Å²) >= 11 is 0. The van der Waals surface area contributed by atoms with Gasteiger partial charge < -0.3 is 9.88 Å². The molecule has 1 aliphatic heterocycles. The lowest BCUT2D eigenvalue weighted by Crippen LogP contribution is -2.49. The minimum absolute atomic E-state index is 0.143. The Labute approximate surface area is 122 Å². The molecule has 0 atom stereocenters. The Morgan fingerprint density at radius 2 is 1.76 bits per heavy atom. The minimum atomic E-state index is -3.50. The summed E-state index contributed by atoms with van der Waals surface area (Å²) in [6, 6.07) is 1.75. The molecule has 0 unspecified atom stereocenters. The molecule has 1 fully saturated rings. The third-order valence-electron chi connectivity index (χ3n) is 3.37. The van der Waals surface area contributed by atoms with Gasteiger partial charge in [-0.3, -0.25) is 0 Å². The summed E-state index contributed by atoms with van der Waals surface area (Å²) in [5.41, 5.74) is 0. The zero-order valence-corrected chi connectivity index (χ0v) is 12.4. The molecule has 2 aromatic rings. The lowest BCUT2D eigenvalue weighted by molar-refractivity contribution is 0.381. The first-order valence-electron chi connectivity index (χ1n) is 6.61. The largest absolute Gasteiger partial charge is 0.338 e. The number of aromatic amines is 1. The Balaban J connectivity index is 1.71. The number of imidazole rings is 1. The lowest BCUT2D eigenvalue weighted by atomic mass is 10.4. The van der Waals surface area contributed by atoms with Crippen LogP contribution < -0.4 is 4.90 Å². The van der Waals surface area contributed by atoms with Crippen LogP contribution in [0.3, 0.4) is 0 Å². The second-order valence-corrected chi connectivity index (χ2v) is 6.68. The van der Waals surface area contributed by atoms with Gasteiger partial charge in [0.25, 0.3) is 10.0 Å². The summed E-state index contributed by atoms with van der Waals surface area (Å²) in [5, 5.41) is 0.143. The van der Waals surface area contributed by atoms with Crippen LogP contribution in [0, 0.1) is 6.92 Å². The molecule has 0 amide bonds. The van der Waals surface area contributed by atoms with E-state index < -0.39 is 10.0 Å². The van der Waals surface area contributed by atoms with Gasteiger partial charge >= 0.3 is 0 Å². The van der Waals surface area contributed by atoms with Crippen molar-refractivity contribution in [2.45, 2.75) is 11.9 Å². The molecule has 21 heavy (non-hydrogen) atoms. The average molecular weight is 308 g/mol. The lowest BCUT2D eigenvalue weighted by Gasteiger charge is -2.33. The van der Waals surface area contributed by atoms with E-state index in [1.807, 2.05) is 4.90 Å². The SMILES string of the molecule is Cc1ncc(S(=O)(=O)N2CCN(c3ncccn3)CC2)[nH]1.